The van der Waals surface area contributed by atoms with Gasteiger partial charge in [-0.25, -0.2) is 9.97 Å². The van der Waals surface area contributed by atoms with Gasteiger partial charge in [-0.3, -0.25) is 4.79 Å². The quantitative estimate of drug-likeness (QED) is 0.853. The average Bonchev–Trinajstić information content (AvgIpc) is 2.72. The number of pyridine rings is 1. The number of aromatic nitrogens is 3. The fraction of sp³-hybridized carbons (Fsp3) is 0.471. The molecule has 8 heteroatoms. The minimum absolute atomic E-state index is 0.156. The Kier molecular flexibility index (Phi) is 4.21. The molecule has 0 spiro atoms. The third-order valence-corrected chi connectivity index (χ3v) is 4.80. The SMILES string of the molecule is Cc1cc(Nc2cc(B3OC(C)(C)C(C)(C)O3)cn(C)c2=O)ncn1. The molecule has 1 saturated heterocycles. The lowest BCUT2D eigenvalue weighted by Gasteiger charge is -2.32. The Labute approximate surface area is 147 Å². The van der Waals surface area contributed by atoms with Crippen LogP contribution in [-0.4, -0.2) is 32.9 Å². The number of hydrogen-bond donors (Lipinski definition) is 1. The standard InChI is InChI=1S/C17H23BN4O3/c1-11-7-14(20-10-19-11)21-13-8-12(9-22(6)15(13)23)18-24-16(2,3)17(4,5)25-18/h7-10H,1-6H3,(H,19,20,21). The van der Waals surface area contributed by atoms with Gasteiger partial charge >= 0.3 is 7.12 Å². The van der Waals surface area contributed by atoms with Gasteiger partial charge in [0.1, 0.15) is 17.8 Å². The molecule has 3 heterocycles. The van der Waals surface area contributed by atoms with Gasteiger partial charge in [-0.1, -0.05) is 0 Å². The summed E-state index contributed by atoms with van der Waals surface area (Å²) in [4.78, 5) is 20.7. The van der Waals surface area contributed by atoms with Crippen LogP contribution in [0.25, 0.3) is 0 Å². The van der Waals surface area contributed by atoms with Gasteiger partial charge < -0.3 is 19.2 Å². The zero-order valence-corrected chi connectivity index (χ0v) is 15.5. The molecule has 0 unspecified atom stereocenters. The number of nitrogens with one attached hydrogen (secondary N) is 1. The Balaban J connectivity index is 1.96. The van der Waals surface area contributed by atoms with Crippen LogP contribution in [0.1, 0.15) is 33.4 Å². The molecule has 25 heavy (non-hydrogen) atoms. The molecule has 132 valence electrons. The summed E-state index contributed by atoms with van der Waals surface area (Å²) in [6, 6.07) is 3.53. The van der Waals surface area contributed by atoms with Crippen LogP contribution in [0.2, 0.25) is 0 Å². The van der Waals surface area contributed by atoms with E-state index in [1.807, 2.05) is 34.6 Å². The molecule has 0 radical (unpaired) electrons. The Bertz CT molecular complexity index is 847. The first-order valence-corrected chi connectivity index (χ1v) is 8.21. The second-order valence-corrected chi connectivity index (χ2v) is 7.36. The molecule has 0 saturated carbocycles. The van der Waals surface area contributed by atoms with Gasteiger partial charge in [0.25, 0.3) is 5.56 Å². The van der Waals surface area contributed by atoms with E-state index in [1.165, 1.54) is 10.9 Å². The van der Waals surface area contributed by atoms with Crippen LogP contribution in [-0.2, 0) is 16.4 Å². The lowest BCUT2D eigenvalue weighted by atomic mass is 9.80. The van der Waals surface area contributed by atoms with Crippen molar-refractivity contribution in [2.75, 3.05) is 5.32 Å². The highest BCUT2D eigenvalue weighted by Gasteiger charge is 2.51. The Hall–Kier alpha value is -2.19. The van der Waals surface area contributed by atoms with Gasteiger partial charge in [-0.15, -0.1) is 0 Å². The maximum absolute atomic E-state index is 12.5. The molecule has 3 rings (SSSR count). The maximum atomic E-state index is 12.5. The van der Waals surface area contributed by atoms with Gasteiger partial charge in [0.05, 0.1) is 11.2 Å². The van der Waals surface area contributed by atoms with Crippen LogP contribution in [0, 0.1) is 6.92 Å². The zero-order valence-electron chi connectivity index (χ0n) is 15.5. The van der Waals surface area contributed by atoms with Gasteiger partial charge in [0.2, 0.25) is 0 Å². The first-order chi connectivity index (χ1) is 11.6. The summed E-state index contributed by atoms with van der Waals surface area (Å²) in [5, 5.41) is 3.06. The second kappa shape index (κ2) is 5.96. The van der Waals surface area contributed by atoms with Crippen molar-refractivity contribution in [2.45, 2.75) is 45.8 Å². The minimum atomic E-state index is -0.538. The lowest BCUT2D eigenvalue weighted by Crippen LogP contribution is -2.41. The van der Waals surface area contributed by atoms with E-state index >= 15 is 0 Å². The van der Waals surface area contributed by atoms with E-state index in [1.54, 1.807) is 25.4 Å². The van der Waals surface area contributed by atoms with Crippen LogP contribution < -0.4 is 16.3 Å². The highest BCUT2D eigenvalue weighted by molar-refractivity contribution is 6.62. The van der Waals surface area contributed by atoms with Crippen molar-refractivity contribution in [2.24, 2.45) is 7.05 Å². The van der Waals surface area contributed by atoms with Crippen molar-refractivity contribution < 1.29 is 9.31 Å². The number of aryl methyl sites for hydroxylation is 2. The molecule has 0 aliphatic carbocycles. The van der Waals surface area contributed by atoms with E-state index in [-0.39, 0.29) is 5.56 Å². The highest BCUT2D eigenvalue weighted by atomic mass is 16.7. The van der Waals surface area contributed by atoms with Gasteiger partial charge in [-0.2, -0.15) is 0 Å². The van der Waals surface area contributed by atoms with E-state index < -0.39 is 18.3 Å². The number of nitrogens with zero attached hydrogens (tertiary/aromatic N) is 3. The van der Waals surface area contributed by atoms with Crippen molar-refractivity contribution in [1.82, 2.24) is 14.5 Å². The molecular formula is C17H23BN4O3. The van der Waals surface area contributed by atoms with Gasteiger partial charge in [-0.05, 0) is 40.7 Å². The van der Waals surface area contributed by atoms with E-state index in [0.717, 1.165) is 11.2 Å². The predicted molar refractivity (Wildman–Crippen MR) is 97.5 cm³/mol. The lowest BCUT2D eigenvalue weighted by molar-refractivity contribution is 0.00578. The number of hydrogen-bond acceptors (Lipinski definition) is 6. The van der Waals surface area contributed by atoms with Crippen molar-refractivity contribution in [3.05, 3.63) is 40.7 Å². The number of anilines is 2. The first kappa shape index (κ1) is 17.6. The normalized spacial score (nSPS) is 18.4. The maximum Gasteiger partial charge on any atom is 0.496 e. The molecule has 7 nitrogen and oxygen atoms in total. The van der Waals surface area contributed by atoms with E-state index in [2.05, 4.69) is 15.3 Å². The van der Waals surface area contributed by atoms with Crippen molar-refractivity contribution in [1.29, 1.82) is 0 Å². The molecule has 1 aliphatic heterocycles. The van der Waals surface area contributed by atoms with Crippen LogP contribution >= 0.6 is 0 Å². The van der Waals surface area contributed by atoms with Crippen LogP contribution in [0.5, 0.6) is 0 Å². The van der Waals surface area contributed by atoms with Crippen molar-refractivity contribution in [3.63, 3.8) is 0 Å². The molecule has 1 fully saturated rings. The monoisotopic (exact) mass is 342 g/mol. The fourth-order valence-corrected chi connectivity index (χ4v) is 2.60. The van der Waals surface area contributed by atoms with Crippen LogP contribution in [0.15, 0.2) is 29.5 Å². The summed E-state index contributed by atoms with van der Waals surface area (Å²) in [5.41, 5.74) is 0.961. The Morgan fingerprint density at radius 3 is 2.36 bits per heavy atom. The molecule has 2 aromatic rings. The average molecular weight is 342 g/mol. The smallest absolute Gasteiger partial charge is 0.399 e. The molecule has 0 bridgehead atoms. The van der Waals surface area contributed by atoms with E-state index in [9.17, 15) is 4.79 Å². The molecule has 0 amide bonds. The summed E-state index contributed by atoms with van der Waals surface area (Å²) in [6.45, 7) is 9.86. The number of rotatable bonds is 3. The van der Waals surface area contributed by atoms with Crippen molar-refractivity contribution in [3.8, 4) is 0 Å². The van der Waals surface area contributed by atoms with E-state index in [4.69, 9.17) is 9.31 Å². The molecule has 1 N–H and O–H groups in total. The molecule has 2 aromatic heterocycles. The molecule has 1 aliphatic rings. The summed E-state index contributed by atoms with van der Waals surface area (Å²) < 4.78 is 13.7. The van der Waals surface area contributed by atoms with Gasteiger partial charge in [0.15, 0.2) is 0 Å². The zero-order chi connectivity index (χ0) is 18.4. The third-order valence-electron chi connectivity index (χ3n) is 4.80. The predicted octanol–water partition coefficient (Wildman–Crippen LogP) is 1.53. The second-order valence-electron chi connectivity index (χ2n) is 7.36. The largest absolute Gasteiger partial charge is 0.496 e. The highest BCUT2D eigenvalue weighted by Crippen LogP contribution is 2.36. The minimum Gasteiger partial charge on any atom is -0.399 e. The topological polar surface area (TPSA) is 78.3 Å². The van der Waals surface area contributed by atoms with Crippen LogP contribution in [0.3, 0.4) is 0 Å². The first-order valence-electron chi connectivity index (χ1n) is 8.21. The van der Waals surface area contributed by atoms with E-state index in [0.29, 0.717) is 11.5 Å². The van der Waals surface area contributed by atoms with Crippen LogP contribution in [0.4, 0.5) is 11.5 Å². The molecule has 0 aromatic carbocycles. The summed E-state index contributed by atoms with van der Waals surface area (Å²) >= 11 is 0. The molecular weight excluding hydrogens is 319 g/mol. The van der Waals surface area contributed by atoms with Gasteiger partial charge in [0, 0.05) is 30.5 Å². The third kappa shape index (κ3) is 3.32. The van der Waals surface area contributed by atoms with Crippen molar-refractivity contribution >= 4 is 24.1 Å². The Morgan fingerprint density at radius 1 is 1.12 bits per heavy atom. The fourth-order valence-electron chi connectivity index (χ4n) is 2.60. The summed E-state index contributed by atoms with van der Waals surface area (Å²) in [6.07, 6.45) is 3.20. The summed E-state index contributed by atoms with van der Waals surface area (Å²) in [5.74, 6) is 0.565. The molecule has 0 atom stereocenters. The summed E-state index contributed by atoms with van der Waals surface area (Å²) in [7, 11) is 1.16. The Morgan fingerprint density at radius 2 is 1.76 bits per heavy atom.